The molecular weight excluding hydrogens is 451 g/mol. The zero-order valence-corrected chi connectivity index (χ0v) is 19.9. The number of nitrogens with one attached hydrogen (secondary N) is 3. The molecule has 1 radical (unpaired) electrons. The summed E-state index contributed by atoms with van der Waals surface area (Å²) in [4.78, 5) is 12.4. The molecule has 3 N–H and O–H groups in total. The van der Waals surface area contributed by atoms with Gasteiger partial charge in [0, 0.05) is 49.9 Å². The molecule has 2 atom stereocenters. The Hall–Kier alpha value is -2.21. The van der Waals surface area contributed by atoms with Crippen LogP contribution >= 0.6 is 0 Å². The monoisotopic (exact) mass is 475 g/mol. The molecule has 0 fully saturated rings. The van der Waals surface area contributed by atoms with Crippen LogP contribution in [0, 0.1) is 19.9 Å². The maximum atomic E-state index is 12.4. The topological polar surface area (TPSA) is 62.4 Å². The van der Waals surface area contributed by atoms with Crippen molar-refractivity contribution in [1.82, 2.24) is 10.9 Å². The van der Waals surface area contributed by atoms with E-state index in [-0.39, 0.29) is 50.7 Å². The first-order chi connectivity index (χ1) is 14.1. The van der Waals surface area contributed by atoms with Gasteiger partial charge in [-0.3, -0.25) is 5.43 Å². The van der Waals surface area contributed by atoms with E-state index < -0.39 is 0 Å². The fourth-order valence-corrected chi connectivity index (χ4v) is 3.57. The molecule has 4 rings (SSSR count). The average molecular weight is 475 g/mol. The van der Waals surface area contributed by atoms with Gasteiger partial charge in [0.05, 0.1) is 12.6 Å². The van der Waals surface area contributed by atoms with E-state index in [9.17, 15) is 4.79 Å². The van der Waals surface area contributed by atoms with E-state index in [0.717, 1.165) is 33.7 Å². The van der Waals surface area contributed by atoms with Crippen molar-refractivity contribution in [3.8, 4) is 5.75 Å². The van der Waals surface area contributed by atoms with E-state index in [1.807, 2.05) is 68.4 Å². The molecule has 0 aromatic heterocycles. The Morgan fingerprint density at radius 1 is 1.00 bits per heavy atom. The van der Waals surface area contributed by atoms with E-state index >= 15 is 0 Å². The number of carbonyl (C=O) groups is 1. The second kappa shape index (κ2) is 10.2. The molecule has 0 saturated heterocycles. The minimum Gasteiger partial charge on any atom is -0.493 e. The molecule has 0 saturated carbocycles. The minimum atomic E-state index is -0.311. The van der Waals surface area contributed by atoms with Crippen molar-refractivity contribution in [2.45, 2.75) is 25.8 Å². The molecule has 3 aromatic rings. The van der Waals surface area contributed by atoms with E-state index in [1.54, 1.807) is 0 Å². The number of hydrogen-bond acceptors (Lipinski definition) is 3. The Kier molecular flexibility index (Phi) is 7.65. The first-order valence-corrected chi connectivity index (χ1v) is 9.69. The number of urea groups is 1. The van der Waals surface area contributed by atoms with Crippen LogP contribution in [0.3, 0.4) is 0 Å². The molecule has 1 aliphatic heterocycles. The molecule has 0 spiro atoms. The second-order valence-electron chi connectivity index (χ2n) is 7.36. The van der Waals surface area contributed by atoms with Crippen molar-refractivity contribution in [3.05, 3.63) is 95.1 Å². The molecule has 0 bridgehead atoms. The molecular formula is C24H24N3O2Y-. The molecule has 0 aliphatic carbocycles. The van der Waals surface area contributed by atoms with Crippen molar-refractivity contribution in [3.63, 3.8) is 0 Å². The molecule has 6 heteroatoms. The third-order valence-electron chi connectivity index (χ3n) is 5.15. The van der Waals surface area contributed by atoms with Crippen LogP contribution in [0.1, 0.15) is 34.2 Å². The number of hydrogen-bond donors (Lipinski definition) is 3. The van der Waals surface area contributed by atoms with Gasteiger partial charge in [-0.05, 0) is 37.6 Å². The fraction of sp³-hybridized carbons (Fsp3) is 0.208. The average Bonchev–Trinajstić information content (AvgIpc) is 2.74. The molecule has 3 aromatic carbocycles. The van der Waals surface area contributed by atoms with Crippen LogP contribution in [-0.4, -0.2) is 12.6 Å². The van der Waals surface area contributed by atoms with Crippen molar-refractivity contribution in [2.75, 3.05) is 11.9 Å². The molecule has 2 unspecified atom stereocenters. The summed E-state index contributed by atoms with van der Waals surface area (Å²) in [6, 6.07) is 24.3. The van der Waals surface area contributed by atoms with Gasteiger partial charge in [-0.25, -0.2) is 10.2 Å². The minimum absolute atomic E-state index is 0. The number of benzene rings is 3. The number of amides is 2. The third kappa shape index (κ3) is 5.28. The van der Waals surface area contributed by atoms with Crippen LogP contribution in [0.2, 0.25) is 0 Å². The summed E-state index contributed by atoms with van der Waals surface area (Å²) in [5.74, 6) is 0.904. The van der Waals surface area contributed by atoms with Gasteiger partial charge in [-0.2, -0.15) is 30.3 Å². The first-order valence-electron chi connectivity index (χ1n) is 9.69. The number of rotatable bonds is 4. The number of fused-ring (bicyclic) bond motifs is 1. The van der Waals surface area contributed by atoms with Crippen LogP contribution < -0.4 is 20.9 Å². The van der Waals surface area contributed by atoms with Crippen LogP contribution in [-0.2, 0) is 32.7 Å². The number of hydrazine groups is 1. The second-order valence-corrected chi connectivity index (χ2v) is 7.36. The fourth-order valence-electron chi connectivity index (χ4n) is 3.57. The summed E-state index contributed by atoms with van der Waals surface area (Å²) in [6.07, 6.45) is 0. The molecule has 30 heavy (non-hydrogen) atoms. The van der Waals surface area contributed by atoms with E-state index in [0.29, 0.717) is 6.61 Å². The van der Waals surface area contributed by atoms with Crippen LogP contribution in [0.15, 0.2) is 66.7 Å². The van der Waals surface area contributed by atoms with Gasteiger partial charge >= 0.3 is 6.03 Å². The smallest absolute Gasteiger partial charge is 0.333 e. The summed E-state index contributed by atoms with van der Waals surface area (Å²) in [5.41, 5.74) is 11.2. The van der Waals surface area contributed by atoms with Crippen LogP contribution in [0.4, 0.5) is 10.5 Å². The normalized spacial score (nSPS) is 17.1. The summed E-state index contributed by atoms with van der Waals surface area (Å²) in [6.45, 7) is 4.58. The van der Waals surface area contributed by atoms with Gasteiger partial charge in [0.2, 0.25) is 0 Å². The summed E-state index contributed by atoms with van der Waals surface area (Å²) >= 11 is 0. The quantitative estimate of drug-likeness (QED) is 0.381. The van der Waals surface area contributed by atoms with Gasteiger partial charge < -0.3 is 10.1 Å². The van der Waals surface area contributed by atoms with E-state index in [2.05, 4.69) is 34.4 Å². The maximum Gasteiger partial charge on any atom is 0.333 e. The van der Waals surface area contributed by atoms with Gasteiger partial charge in [0.1, 0.15) is 5.75 Å². The third-order valence-corrected chi connectivity index (χ3v) is 5.15. The molecule has 151 valence electrons. The van der Waals surface area contributed by atoms with Gasteiger partial charge in [0.25, 0.3) is 0 Å². The number of carbonyl (C=O) groups excluding carboxylic acids is 1. The Labute approximate surface area is 202 Å². The van der Waals surface area contributed by atoms with Crippen LogP contribution in [0.5, 0.6) is 5.75 Å². The molecule has 5 nitrogen and oxygen atoms in total. The summed E-state index contributed by atoms with van der Waals surface area (Å²) in [7, 11) is 0. The summed E-state index contributed by atoms with van der Waals surface area (Å²) < 4.78 is 6.04. The predicted molar refractivity (Wildman–Crippen MR) is 114 cm³/mol. The summed E-state index contributed by atoms with van der Waals surface area (Å²) in [5, 5.41) is 2.85. The van der Waals surface area contributed by atoms with Gasteiger partial charge in [-0.1, -0.05) is 29.8 Å². The van der Waals surface area contributed by atoms with Crippen molar-refractivity contribution in [1.29, 1.82) is 0 Å². The van der Waals surface area contributed by atoms with Crippen LogP contribution in [0.25, 0.3) is 0 Å². The van der Waals surface area contributed by atoms with Crippen molar-refractivity contribution in [2.24, 2.45) is 0 Å². The Morgan fingerprint density at radius 3 is 2.43 bits per heavy atom. The van der Waals surface area contributed by atoms with Crippen molar-refractivity contribution >= 4 is 11.7 Å². The Morgan fingerprint density at radius 2 is 1.70 bits per heavy atom. The number of anilines is 1. The predicted octanol–water partition coefficient (Wildman–Crippen LogP) is 4.64. The standard InChI is InChI=1S/C24H24N3O2.Y/c1-16-8-11-19(12-9-16)25-24(28)27-26-23-20-13-10-17(2)14-22(20)29-15-21(23)18-6-4-3-5-7-18;/h4-14,21,23,26H,15H2,1-2H3,(H2,25,27,28);/q-1;. The Bertz CT molecular complexity index is 993. The molecule has 1 aliphatic rings. The number of aryl methyl sites for hydroxylation is 2. The first kappa shape index (κ1) is 22.5. The maximum absolute atomic E-state index is 12.4. The van der Waals surface area contributed by atoms with Gasteiger partial charge in [0.15, 0.2) is 0 Å². The van der Waals surface area contributed by atoms with Gasteiger partial charge in [-0.15, -0.1) is 5.56 Å². The SMILES string of the molecule is Cc1ccc(NC(=O)NNC2c3ccc(C)cc3OCC2c2cc[c-]cc2)cc1.[Y]. The van der Waals surface area contributed by atoms with E-state index in [4.69, 9.17) is 4.74 Å². The zero-order chi connectivity index (χ0) is 20.2. The van der Waals surface area contributed by atoms with E-state index in [1.165, 1.54) is 0 Å². The molecule has 2 amide bonds. The number of ether oxygens (including phenoxy) is 1. The van der Waals surface area contributed by atoms with Crippen molar-refractivity contribution < 1.29 is 42.2 Å². The Balaban J connectivity index is 0.00000256. The zero-order valence-electron chi connectivity index (χ0n) is 17.1. The molecule has 1 heterocycles. The largest absolute Gasteiger partial charge is 0.493 e.